The van der Waals surface area contributed by atoms with E-state index in [4.69, 9.17) is 5.73 Å². The van der Waals surface area contributed by atoms with Gasteiger partial charge in [-0.1, -0.05) is 13.8 Å². The fourth-order valence-electron chi connectivity index (χ4n) is 1.98. The Morgan fingerprint density at radius 1 is 1.29 bits per heavy atom. The number of aromatic nitrogens is 4. The molecule has 2 rings (SSSR count). The van der Waals surface area contributed by atoms with Gasteiger partial charge in [0.25, 0.3) is 0 Å². The van der Waals surface area contributed by atoms with E-state index >= 15 is 0 Å². The highest BCUT2D eigenvalue weighted by molar-refractivity contribution is 5.59. The first-order chi connectivity index (χ1) is 7.93. The van der Waals surface area contributed by atoms with E-state index in [0.717, 1.165) is 28.6 Å². The molecule has 0 radical (unpaired) electrons. The van der Waals surface area contributed by atoms with Crippen LogP contribution in [0.25, 0.3) is 5.82 Å². The monoisotopic (exact) mass is 233 g/mol. The molecule has 5 nitrogen and oxygen atoms in total. The summed E-state index contributed by atoms with van der Waals surface area (Å²) in [5.74, 6) is 1.21. The molecule has 2 aromatic rings. The summed E-state index contributed by atoms with van der Waals surface area (Å²) in [5.41, 5.74) is 9.96. The minimum atomic E-state index is 0.319. The van der Waals surface area contributed by atoms with Gasteiger partial charge in [-0.2, -0.15) is 5.10 Å². The molecular weight excluding hydrogens is 214 g/mol. The van der Waals surface area contributed by atoms with Crippen LogP contribution in [0.4, 0.5) is 5.69 Å². The number of aryl methyl sites for hydroxylation is 2. The van der Waals surface area contributed by atoms with Crippen molar-refractivity contribution in [2.45, 2.75) is 33.6 Å². The molecule has 92 valence electrons. The highest BCUT2D eigenvalue weighted by atomic mass is 15.3. The fourth-order valence-corrected chi connectivity index (χ4v) is 1.98. The molecule has 5 heteroatoms. The highest BCUT2D eigenvalue weighted by Gasteiger charge is 2.18. The maximum Gasteiger partial charge on any atom is 0.160 e. The Balaban J connectivity index is 2.64. The zero-order valence-corrected chi connectivity index (χ0v) is 11.0. The predicted molar refractivity (Wildman–Crippen MR) is 68.3 cm³/mol. The van der Waals surface area contributed by atoms with E-state index in [9.17, 15) is 0 Å². The van der Waals surface area contributed by atoms with Gasteiger partial charge in [-0.15, -0.1) is 0 Å². The van der Waals surface area contributed by atoms with Gasteiger partial charge in [0.2, 0.25) is 0 Å². The second kappa shape index (κ2) is 3.91. The van der Waals surface area contributed by atoms with E-state index in [-0.39, 0.29) is 0 Å². The molecule has 17 heavy (non-hydrogen) atoms. The zero-order chi connectivity index (χ0) is 12.7. The number of nitrogens with two attached hydrogens (primary N) is 1. The molecule has 0 aliphatic heterocycles. The van der Waals surface area contributed by atoms with Crippen molar-refractivity contribution in [2.24, 2.45) is 7.05 Å². The van der Waals surface area contributed by atoms with Gasteiger partial charge in [-0.3, -0.25) is 4.57 Å². The number of anilines is 1. The molecule has 0 aromatic carbocycles. The summed E-state index contributed by atoms with van der Waals surface area (Å²) in [6.45, 7) is 8.20. The summed E-state index contributed by atoms with van der Waals surface area (Å²) < 4.78 is 3.81. The maximum absolute atomic E-state index is 6.18. The van der Waals surface area contributed by atoms with Gasteiger partial charge in [0.1, 0.15) is 6.33 Å². The topological polar surface area (TPSA) is 61.7 Å². The Bertz CT molecular complexity index is 547. The quantitative estimate of drug-likeness (QED) is 0.862. The van der Waals surface area contributed by atoms with Gasteiger partial charge in [-0.05, 0) is 19.8 Å². The van der Waals surface area contributed by atoms with Crippen LogP contribution in [0, 0.1) is 13.8 Å². The molecule has 0 saturated heterocycles. The Hall–Kier alpha value is -1.78. The van der Waals surface area contributed by atoms with Gasteiger partial charge in [0.15, 0.2) is 5.82 Å². The SMILES string of the molecule is Cc1ncn(-c2c(N)c(C(C)C)nn2C)c1C. The third-order valence-corrected chi connectivity index (χ3v) is 3.11. The molecule has 0 bridgehead atoms. The average molecular weight is 233 g/mol. The van der Waals surface area contributed by atoms with Gasteiger partial charge in [-0.25, -0.2) is 9.67 Å². The summed E-state index contributed by atoms with van der Waals surface area (Å²) >= 11 is 0. The fraction of sp³-hybridized carbons (Fsp3) is 0.500. The molecule has 0 atom stereocenters. The zero-order valence-electron chi connectivity index (χ0n) is 11.0. The van der Waals surface area contributed by atoms with E-state index in [1.54, 1.807) is 6.33 Å². The third kappa shape index (κ3) is 1.71. The maximum atomic E-state index is 6.18. The molecule has 0 amide bonds. The van der Waals surface area contributed by atoms with Crippen LogP contribution in [0.2, 0.25) is 0 Å². The summed E-state index contributed by atoms with van der Waals surface area (Å²) in [6.07, 6.45) is 1.79. The van der Waals surface area contributed by atoms with E-state index in [1.165, 1.54) is 0 Å². The second-order valence-electron chi connectivity index (χ2n) is 4.69. The third-order valence-electron chi connectivity index (χ3n) is 3.11. The molecule has 2 aromatic heterocycles. The summed E-state index contributed by atoms with van der Waals surface area (Å²) in [5, 5.41) is 4.48. The average Bonchev–Trinajstić information content (AvgIpc) is 2.71. The highest BCUT2D eigenvalue weighted by Crippen LogP contribution is 2.27. The van der Waals surface area contributed by atoms with Gasteiger partial charge in [0, 0.05) is 12.7 Å². The van der Waals surface area contributed by atoms with E-state index in [2.05, 4.69) is 23.9 Å². The molecule has 0 fully saturated rings. The van der Waals surface area contributed by atoms with Crippen LogP contribution in [-0.2, 0) is 7.05 Å². The van der Waals surface area contributed by atoms with Crippen molar-refractivity contribution in [2.75, 3.05) is 5.73 Å². The van der Waals surface area contributed by atoms with Crippen molar-refractivity contribution < 1.29 is 0 Å². The smallest absolute Gasteiger partial charge is 0.160 e. The number of nitrogen functional groups attached to an aromatic ring is 1. The number of imidazole rings is 1. The van der Waals surface area contributed by atoms with Crippen LogP contribution in [0.15, 0.2) is 6.33 Å². The second-order valence-corrected chi connectivity index (χ2v) is 4.69. The van der Waals surface area contributed by atoms with Crippen LogP contribution >= 0.6 is 0 Å². The van der Waals surface area contributed by atoms with E-state index in [1.807, 2.05) is 30.1 Å². The van der Waals surface area contributed by atoms with Crippen molar-refractivity contribution in [3.05, 3.63) is 23.4 Å². The Morgan fingerprint density at radius 3 is 2.35 bits per heavy atom. The molecule has 0 aliphatic carbocycles. The molecule has 2 N–H and O–H groups in total. The minimum Gasteiger partial charge on any atom is -0.394 e. The lowest BCUT2D eigenvalue weighted by Crippen LogP contribution is -2.05. The van der Waals surface area contributed by atoms with Crippen molar-refractivity contribution in [3.63, 3.8) is 0 Å². The minimum absolute atomic E-state index is 0.319. The van der Waals surface area contributed by atoms with Gasteiger partial charge in [0.05, 0.1) is 17.1 Å². The standard InChI is InChI=1S/C12H19N5/c1-7(2)11-10(13)12(16(5)15-11)17-6-14-8(3)9(17)4/h6-7H,13H2,1-5H3. The van der Waals surface area contributed by atoms with Crippen molar-refractivity contribution >= 4 is 5.69 Å². The van der Waals surface area contributed by atoms with Gasteiger partial charge >= 0.3 is 0 Å². The summed E-state index contributed by atoms with van der Waals surface area (Å²) in [6, 6.07) is 0. The number of nitrogens with zero attached hydrogens (tertiary/aromatic N) is 4. The summed E-state index contributed by atoms with van der Waals surface area (Å²) in [7, 11) is 1.91. The van der Waals surface area contributed by atoms with Crippen LogP contribution < -0.4 is 5.73 Å². The predicted octanol–water partition coefficient (Wildman–Crippen LogP) is 1.93. The van der Waals surface area contributed by atoms with Crippen molar-refractivity contribution in [1.82, 2.24) is 19.3 Å². The molecule has 0 aliphatic rings. The van der Waals surface area contributed by atoms with Crippen molar-refractivity contribution in [1.29, 1.82) is 0 Å². The lowest BCUT2D eigenvalue weighted by atomic mass is 10.1. The Kier molecular flexibility index (Phi) is 2.69. The Morgan fingerprint density at radius 2 is 1.94 bits per heavy atom. The number of hydrogen-bond donors (Lipinski definition) is 1. The number of hydrogen-bond acceptors (Lipinski definition) is 3. The lowest BCUT2D eigenvalue weighted by molar-refractivity contribution is 0.691. The van der Waals surface area contributed by atoms with Crippen molar-refractivity contribution in [3.8, 4) is 5.82 Å². The lowest BCUT2D eigenvalue weighted by Gasteiger charge is -2.07. The summed E-state index contributed by atoms with van der Waals surface area (Å²) in [4.78, 5) is 4.30. The molecule has 0 unspecified atom stereocenters. The first-order valence-electron chi connectivity index (χ1n) is 5.76. The molecule has 0 spiro atoms. The first kappa shape index (κ1) is 11.7. The molecule has 0 saturated carbocycles. The normalized spacial score (nSPS) is 11.4. The molecule has 2 heterocycles. The number of rotatable bonds is 2. The van der Waals surface area contributed by atoms with Crippen LogP contribution in [0.3, 0.4) is 0 Å². The van der Waals surface area contributed by atoms with E-state index in [0.29, 0.717) is 5.92 Å². The van der Waals surface area contributed by atoms with Gasteiger partial charge < -0.3 is 5.73 Å². The van der Waals surface area contributed by atoms with Crippen LogP contribution in [0.1, 0.15) is 36.8 Å². The molecular formula is C12H19N5. The van der Waals surface area contributed by atoms with Crippen LogP contribution in [-0.4, -0.2) is 19.3 Å². The Labute approximate surface area is 101 Å². The largest absolute Gasteiger partial charge is 0.394 e. The first-order valence-corrected chi connectivity index (χ1v) is 5.76. The van der Waals surface area contributed by atoms with Crippen LogP contribution in [0.5, 0.6) is 0 Å². The van der Waals surface area contributed by atoms with E-state index < -0.39 is 0 Å².